The van der Waals surface area contributed by atoms with E-state index >= 15 is 0 Å². The number of hydrogen-bond acceptors (Lipinski definition) is 13. The molecule has 0 radical (unpaired) electrons. The first-order chi connectivity index (χ1) is 23.8. The molecule has 1 fully saturated rings. The third kappa shape index (κ3) is 12.4. The van der Waals surface area contributed by atoms with Gasteiger partial charge in [-0.05, 0) is 17.7 Å². The van der Waals surface area contributed by atoms with E-state index in [0.29, 0.717) is 17.6 Å². The van der Waals surface area contributed by atoms with Crippen molar-refractivity contribution in [2.24, 2.45) is 4.99 Å². The Morgan fingerprint density at radius 2 is 1.33 bits per heavy atom. The number of carboxylic acids is 6. The van der Waals surface area contributed by atoms with Crippen LogP contribution in [0.2, 0.25) is 0 Å². The molecule has 4 rings (SSSR count). The summed E-state index contributed by atoms with van der Waals surface area (Å²) in [6, 6.07) is 2.14. The van der Waals surface area contributed by atoms with E-state index in [1.165, 1.54) is 0 Å². The van der Waals surface area contributed by atoms with Gasteiger partial charge in [0.15, 0.2) is 11.2 Å². The molecule has 0 atom stereocenters. The molecule has 51 heavy (non-hydrogen) atoms. The van der Waals surface area contributed by atoms with Crippen molar-refractivity contribution >= 4 is 47.4 Å². The Hall–Kier alpha value is -6.01. The van der Waals surface area contributed by atoms with Gasteiger partial charge in [-0.25, -0.2) is 14.6 Å². The molecule has 20 heteroatoms. The van der Waals surface area contributed by atoms with Gasteiger partial charge in [-0.1, -0.05) is 12.2 Å². The number of aliphatic imine (C=N–C) groups is 1. The molecule has 20 nitrogen and oxygen atoms in total. The topological polar surface area (TPSA) is 342 Å². The minimum absolute atomic E-state index is 0.244. The number of nitrogens with one attached hydrogen (secondary N) is 1. The number of nitriles is 1. The van der Waals surface area contributed by atoms with Gasteiger partial charge in [0, 0.05) is 43.4 Å². The number of morpholine rings is 1. The smallest absolute Gasteiger partial charge is 0.336 e. The number of carboxylic acid groups (broad SMARTS) is 6. The summed E-state index contributed by atoms with van der Waals surface area (Å²) >= 11 is 0. The second-order valence-corrected chi connectivity index (χ2v) is 11.2. The highest BCUT2D eigenvalue weighted by atomic mass is 16.5. The van der Waals surface area contributed by atoms with E-state index in [1.807, 2.05) is 18.4 Å². The maximum atomic E-state index is 12.3. The van der Waals surface area contributed by atoms with E-state index in [9.17, 15) is 33.6 Å². The molecule has 0 saturated carbocycles. The lowest BCUT2D eigenvalue weighted by atomic mass is 9.92. The number of allylic oxidation sites excluding steroid dienone is 4. The number of ether oxygens (including phenoxy) is 1. The Kier molecular flexibility index (Phi) is 14.6. The number of carbonyl (C=O) groups excluding carboxylic acids is 1. The zero-order chi connectivity index (χ0) is 38.5. The first-order valence-electron chi connectivity index (χ1n) is 14.7. The van der Waals surface area contributed by atoms with Crippen LogP contribution in [0, 0.1) is 11.3 Å². The molecule has 0 aromatic rings. The minimum atomic E-state index is -2.74. The highest BCUT2D eigenvalue weighted by Gasteiger charge is 2.41. The molecule has 3 heterocycles. The molecule has 0 unspecified atom stereocenters. The van der Waals surface area contributed by atoms with Crippen molar-refractivity contribution in [3.63, 3.8) is 0 Å². The number of aliphatic hydroxyl groups is 2. The number of carbonyl (C=O) groups is 7. The van der Waals surface area contributed by atoms with Gasteiger partial charge < -0.3 is 50.9 Å². The van der Waals surface area contributed by atoms with Crippen LogP contribution in [-0.2, 0) is 38.3 Å². The Morgan fingerprint density at radius 3 is 1.73 bits per heavy atom. The number of fused-ring (bicyclic) bond motifs is 1. The molecule has 0 aromatic carbocycles. The summed E-state index contributed by atoms with van der Waals surface area (Å²) in [5, 5.41) is 80.0. The fourth-order valence-electron chi connectivity index (χ4n) is 4.73. The average molecular weight is 719 g/mol. The lowest BCUT2D eigenvalue weighted by Gasteiger charge is -2.27. The molecule has 9 N–H and O–H groups in total. The molecule has 3 aliphatic heterocycles. The molecular formula is C31H34N4O16. The third-order valence-corrected chi connectivity index (χ3v) is 7.20. The lowest BCUT2D eigenvalue weighted by molar-refractivity contribution is -0.170. The molecule has 4 aliphatic rings. The Morgan fingerprint density at radius 1 is 0.843 bits per heavy atom. The zero-order valence-corrected chi connectivity index (χ0v) is 26.6. The van der Waals surface area contributed by atoms with Gasteiger partial charge in [-0.2, -0.15) is 5.26 Å². The van der Waals surface area contributed by atoms with Crippen LogP contribution in [-0.4, -0.2) is 137 Å². The summed E-state index contributed by atoms with van der Waals surface area (Å²) in [7, 11) is 0. The Labute approximate surface area is 287 Å². The van der Waals surface area contributed by atoms with Gasteiger partial charge in [-0.15, -0.1) is 0 Å². The van der Waals surface area contributed by atoms with E-state index in [-0.39, 0.29) is 5.91 Å². The van der Waals surface area contributed by atoms with Gasteiger partial charge in [0.25, 0.3) is 5.91 Å². The van der Waals surface area contributed by atoms with Crippen molar-refractivity contribution in [3.8, 4) is 6.07 Å². The van der Waals surface area contributed by atoms with Gasteiger partial charge in [0.1, 0.15) is 0 Å². The van der Waals surface area contributed by atoms with E-state index in [1.54, 1.807) is 12.2 Å². The van der Waals surface area contributed by atoms with Crippen molar-refractivity contribution < 1.29 is 79.2 Å². The summed E-state index contributed by atoms with van der Waals surface area (Å²) in [5.41, 5.74) is -0.951. The number of nitrogens with zero attached hydrogens (tertiary/aromatic N) is 3. The predicted molar refractivity (Wildman–Crippen MR) is 168 cm³/mol. The molecule has 0 aromatic heterocycles. The third-order valence-electron chi connectivity index (χ3n) is 7.20. The molecule has 1 aliphatic carbocycles. The summed E-state index contributed by atoms with van der Waals surface area (Å²) in [5.74, 6) is -10.3. The molecule has 1 saturated heterocycles. The Balaban J connectivity index is 0.000000296. The molecule has 0 spiro atoms. The van der Waals surface area contributed by atoms with Gasteiger partial charge in [0.2, 0.25) is 0 Å². The van der Waals surface area contributed by atoms with Crippen LogP contribution in [0.5, 0.6) is 0 Å². The first kappa shape index (κ1) is 41.2. The van der Waals surface area contributed by atoms with Crippen molar-refractivity contribution in [1.82, 2.24) is 10.2 Å². The highest BCUT2D eigenvalue weighted by molar-refractivity contribution is 6.26. The van der Waals surface area contributed by atoms with E-state index in [4.69, 9.17) is 50.9 Å². The molecule has 1 amide bonds. The van der Waals surface area contributed by atoms with Crippen LogP contribution in [0.3, 0.4) is 0 Å². The van der Waals surface area contributed by atoms with Crippen LogP contribution in [0.1, 0.15) is 32.1 Å². The first-order valence-corrected chi connectivity index (χ1v) is 14.7. The van der Waals surface area contributed by atoms with Crippen molar-refractivity contribution in [2.45, 2.75) is 43.3 Å². The van der Waals surface area contributed by atoms with Crippen molar-refractivity contribution in [3.05, 3.63) is 58.5 Å². The van der Waals surface area contributed by atoms with Crippen molar-refractivity contribution in [1.29, 1.82) is 5.26 Å². The van der Waals surface area contributed by atoms with E-state index in [2.05, 4.69) is 21.3 Å². The standard InChI is InChI=1S/C19H18N4O2.2C6H8O7/c20-10-13-1-3-16-15(9-13)18(19(24)22-16)17-4-2-14(11-21-17)12-23-5-7-25-8-6-23;2*7-3(8)1-6(13,5(11)12)2-4(9)10/h1-2,4,9,11,21H,3,5-8,12H2;2*13H,1-2H2,(H,7,8)(H,9,10)(H,11,12). The van der Waals surface area contributed by atoms with Crippen LogP contribution < -0.4 is 5.32 Å². The summed E-state index contributed by atoms with van der Waals surface area (Å²) < 4.78 is 5.37. The van der Waals surface area contributed by atoms with Crippen LogP contribution in [0.25, 0.3) is 0 Å². The number of dihydropyridines is 1. The molecular weight excluding hydrogens is 684 g/mol. The average Bonchev–Trinajstić information content (AvgIpc) is 3.35. The van der Waals surface area contributed by atoms with E-state index in [0.717, 1.165) is 55.4 Å². The van der Waals surface area contributed by atoms with Crippen molar-refractivity contribution in [2.75, 3.05) is 32.8 Å². The van der Waals surface area contributed by atoms with Crippen LogP contribution >= 0.6 is 0 Å². The number of amides is 1. The normalized spacial score (nSPS) is 18.3. The maximum absolute atomic E-state index is 12.3. The fourth-order valence-corrected chi connectivity index (χ4v) is 4.73. The summed E-state index contributed by atoms with van der Waals surface area (Å²) in [6.07, 6.45) is 5.39. The number of aliphatic carboxylic acids is 6. The fraction of sp³-hybridized carbons (Fsp3) is 0.387. The maximum Gasteiger partial charge on any atom is 0.336 e. The summed E-state index contributed by atoms with van der Waals surface area (Å²) in [6.45, 7) is 4.28. The SMILES string of the molecule is N#CC1=CCC2=NC(=O)C(=C3C=CC(CN4CCOCC4)=CN3)C2=C1.O=C(O)CC(O)(CC(=O)O)C(=O)O.O=C(O)CC(O)(CC(=O)O)C(=O)O. The van der Waals surface area contributed by atoms with Crippen LogP contribution in [0.4, 0.5) is 0 Å². The second-order valence-electron chi connectivity index (χ2n) is 11.2. The monoisotopic (exact) mass is 718 g/mol. The van der Waals surface area contributed by atoms with Gasteiger partial charge >= 0.3 is 35.8 Å². The van der Waals surface area contributed by atoms with Gasteiger partial charge in [0.05, 0.1) is 61.9 Å². The second kappa shape index (κ2) is 18.1. The molecule has 274 valence electrons. The predicted octanol–water partition coefficient (Wildman–Crippen LogP) is -1.12. The lowest BCUT2D eigenvalue weighted by Crippen LogP contribution is -2.42. The zero-order valence-electron chi connectivity index (χ0n) is 26.6. The van der Waals surface area contributed by atoms with Gasteiger partial charge in [-0.3, -0.25) is 28.9 Å². The quantitative estimate of drug-likeness (QED) is 0.108. The van der Waals surface area contributed by atoms with Crippen LogP contribution in [0.15, 0.2) is 63.5 Å². The Bertz CT molecular complexity index is 1600. The summed E-state index contributed by atoms with van der Waals surface area (Å²) in [4.78, 5) is 79.8. The highest BCUT2D eigenvalue weighted by Crippen LogP contribution is 2.31. The molecule has 0 bridgehead atoms. The largest absolute Gasteiger partial charge is 0.481 e. The number of rotatable bonds is 12. The van der Waals surface area contributed by atoms with E-state index < -0.39 is 72.7 Å². The number of hydrogen-bond donors (Lipinski definition) is 9. The minimum Gasteiger partial charge on any atom is -0.481 e.